The molecule has 0 spiro atoms. The molecule has 5 nitrogen and oxygen atoms in total. The Kier molecular flexibility index (Phi) is 8.75. The number of nitrogens with zero attached hydrogens (tertiary/aromatic N) is 1. The number of hydrogen-bond acceptors (Lipinski definition) is 3. The molecule has 0 amide bonds. The second-order valence-corrected chi connectivity index (χ2v) is 5.29. The molecule has 0 aromatic rings. The maximum atomic E-state index is 5.49. The van der Waals surface area contributed by atoms with Crippen molar-refractivity contribution >= 4 is 5.96 Å². The molecule has 108 valence electrons. The van der Waals surface area contributed by atoms with Gasteiger partial charge >= 0.3 is 0 Å². The Morgan fingerprint density at radius 3 is 2.44 bits per heavy atom. The lowest BCUT2D eigenvalue weighted by Crippen LogP contribution is -2.46. The van der Waals surface area contributed by atoms with Crippen LogP contribution in [0.4, 0.5) is 0 Å². The van der Waals surface area contributed by atoms with Crippen LogP contribution in [0.25, 0.3) is 0 Å². The van der Waals surface area contributed by atoms with Crippen molar-refractivity contribution in [2.24, 2.45) is 10.9 Å². The molecule has 0 aliphatic rings. The predicted molar refractivity (Wildman–Crippen MR) is 76.1 cm³/mol. The number of ether oxygens (including phenoxy) is 2. The number of hydrogen-bond donors (Lipinski definition) is 2. The van der Waals surface area contributed by atoms with Gasteiger partial charge in [-0.3, -0.25) is 4.99 Å². The zero-order valence-corrected chi connectivity index (χ0v) is 12.7. The minimum atomic E-state index is -0.203. The van der Waals surface area contributed by atoms with Crippen molar-refractivity contribution in [3.05, 3.63) is 0 Å². The first kappa shape index (κ1) is 17.2. The summed E-state index contributed by atoms with van der Waals surface area (Å²) in [5.74, 6) is 1.35. The largest absolute Gasteiger partial charge is 0.379 e. The third-order valence-corrected chi connectivity index (χ3v) is 2.45. The standard InChI is InChI=1S/C13H29N3O2/c1-11(2)9-18-8-7-15-12(14-5)16-10-13(3,4)17-6/h11H,7-10H2,1-6H3,(H2,14,15,16). The Morgan fingerprint density at radius 2 is 1.94 bits per heavy atom. The number of rotatable bonds is 8. The molecule has 0 heterocycles. The molecule has 0 saturated carbocycles. The topological polar surface area (TPSA) is 54.9 Å². The second-order valence-electron chi connectivity index (χ2n) is 5.29. The van der Waals surface area contributed by atoms with Gasteiger partial charge in [-0.1, -0.05) is 13.8 Å². The van der Waals surface area contributed by atoms with Crippen molar-refractivity contribution in [3.8, 4) is 0 Å². The van der Waals surface area contributed by atoms with Gasteiger partial charge in [0.15, 0.2) is 5.96 Å². The molecule has 0 aromatic carbocycles. The van der Waals surface area contributed by atoms with E-state index in [1.165, 1.54) is 0 Å². The zero-order chi connectivity index (χ0) is 14.0. The van der Waals surface area contributed by atoms with E-state index in [1.807, 2.05) is 13.8 Å². The first-order valence-corrected chi connectivity index (χ1v) is 6.48. The molecule has 0 saturated heterocycles. The molecule has 0 aliphatic carbocycles. The zero-order valence-electron chi connectivity index (χ0n) is 12.7. The Hall–Kier alpha value is -0.810. The maximum Gasteiger partial charge on any atom is 0.191 e. The van der Waals surface area contributed by atoms with Gasteiger partial charge in [0.05, 0.1) is 12.2 Å². The third-order valence-electron chi connectivity index (χ3n) is 2.45. The van der Waals surface area contributed by atoms with E-state index in [4.69, 9.17) is 9.47 Å². The van der Waals surface area contributed by atoms with Crippen LogP contribution in [0.1, 0.15) is 27.7 Å². The van der Waals surface area contributed by atoms with E-state index in [9.17, 15) is 0 Å². The Balaban J connectivity index is 3.73. The minimum Gasteiger partial charge on any atom is -0.379 e. The van der Waals surface area contributed by atoms with E-state index in [2.05, 4.69) is 29.5 Å². The van der Waals surface area contributed by atoms with E-state index in [-0.39, 0.29) is 5.60 Å². The third kappa shape index (κ3) is 9.24. The van der Waals surface area contributed by atoms with Gasteiger partial charge in [-0.05, 0) is 19.8 Å². The van der Waals surface area contributed by atoms with Crippen LogP contribution in [0, 0.1) is 5.92 Å². The number of methoxy groups -OCH3 is 1. The van der Waals surface area contributed by atoms with Gasteiger partial charge in [0.2, 0.25) is 0 Å². The molecule has 0 atom stereocenters. The summed E-state index contributed by atoms with van der Waals surface area (Å²) in [4.78, 5) is 4.14. The molecule has 0 aliphatic heterocycles. The van der Waals surface area contributed by atoms with Gasteiger partial charge < -0.3 is 20.1 Å². The monoisotopic (exact) mass is 259 g/mol. The fourth-order valence-electron chi connectivity index (χ4n) is 1.15. The molecule has 0 unspecified atom stereocenters. The van der Waals surface area contributed by atoms with Crippen LogP contribution < -0.4 is 10.6 Å². The van der Waals surface area contributed by atoms with Crippen molar-refractivity contribution in [2.45, 2.75) is 33.3 Å². The number of guanidine groups is 1. The highest BCUT2D eigenvalue weighted by atomic mass is 16.5. The quantitative estimate of drug-likeness (QED) is 0.391. The predicted octanol–water partition coefficient (Wildman–Crippen LogP) is 1.25. The van der Waals surface area contributed by atoms with E-state index in [1.54, 1.807) is 14.2 Å². The average molecular weight is 259 g/mol. The minimum absolute atomic E-state index is 0.203. The van der Waals surface area contributed by atoms with Crippen LogP contribution in [0.5, 0.6) is 0 Å². The molecular formula is C13H29N3O2. The van der Waals surface area contributed by atoms with Crippen LogP contribution in [0.3, 0.4) is 0 Å². The number of nitrogens with one attached hydrogen (secondary N) is 2. The average Bonchev–Trinajstić information content (AvgIpc) is 2.32. The Morgan fingerprint density at radius 1 is 1.28 bits per heavy atom. The molecule has 0 bridgehead atoms. The van der Waals surface area contributed by atoms with Gasteiger partial charge in [0.1, 0.15) is 0 Å². The van der Waals surface area contributed by atoms with Gasteiger partial charge in [-0.15, -0.1) is 0 Å². The van der Waals surface area contributed by atoms with Crippen LogP contribution in [0.15, 0.2) is 4.99 Å². The van der Waals surface area contributed by atoms with E-state index in [0.29, 0.717) is 19.1 Å². The fraction of sp³-hybridized carbons (Fsp3) is 0.923. The Bertz CT molecular complexity index is 240. The van der Waals surface area contributed by atoms with Crippen molar-refractivity contribution < 1.29 is 9.47 Å². The lowest BCUT2D eigenvalue weighted by molar-refractivity contribution is 0.0268. The second kappa shape index (κ2) is 9.16. The molecule has 18 heavy (non-hydrogen) atoms. The van der Waals surface area contributed by atoms with Gasteiger partial charge in [0.25, 0.3) is 0 Å². The Labute approximate surface area is 111 Å². The molecule has 0 radical (unpaired) electrons. The van der Waals surface area contributed by atoms with Crippen molar-refractivity contribution in [2.75, 3.05) is 40.5 Å². The molecule has 0 fully saturated rings. The van der Waals surface area contributed by atoms with Crippen LogP contribution >= 0.6 is 0 Å². The van der Waals surface area contributed by atoms with Gasteiger partial charge in [-0.25, -0.2) is 0 Å². The van der Waals surface area contributed by atoms with Gasteiger partial charge in [0, 0.05) is 33.9 Å². The van der Waals surface area contributed by atoms with Crippen LogP contribution in [-0.4, -0.2) is 52.0 Å². The van der Waals surface area contributed by atoms with Crippen molar-refractivity contribution in [1.29, 1.82) is 0 Å². The van der Waals surface area contributed by atoms with E-state index < -0.39 is 0 Å². The molecule has 0 rings (SSSR count). The van der Waals surface area contributed by atoms with E-state index >= 15 is 0 Å². The first-order valence-electron chi connectivity index (χ1n) is 6.48. The van der Waals surface area contributed by atoms with Crippen LogP contribution in [-0.2, 0) is 9.47 Å². The van der Waals surface area contributed by atoms with Gasteiger partial charge in [-0.2, -0.15) is 0 Å². The van der Waals surface area contributed by atoms with E-state index in [0.717, 1.165) is 19.1 Å². The highest BCUT2D eigenvalue weighted by Gasteiger charge is 2.16. The molecule has 5 heteroatoms. The summed E-state index contributed by atoms with van der Waals surface area (Å²) < 4.78 is 10.8. The fourth-order valence-corrected chi connectivity index (χ4v) is 1.15. The maximum absolute atomic E-state index is 5.49. The smallest absolute Gasteiger partial charge is 0.191 e. The summed E-state index contributed by atoms with van der Waals surface area (Å²) in [6, 6.07) is 0. The highest BCUT2D eigenvalue weighted by Crippen LogP contribution is 2.04. The number of aliphatic imine (C=N–C) groups is 1. The normalized spacial score (nSPS) is 12.9. The summed E-state index contributed by atoms with van der Waals surface area (Å²) in [7, 11) is 3.46. The summed E-state index contributed by atoms with van der Waals surface area (Å²) in [6.07, 6.45) is 0. The molecule has 0 aromatic heterocycles. The van der Waals surface area contributed by atoms with Crippen molar-refractivity contribution in [1.82, 2.24) is 10.6 Å². The summed E-state index contributed by atoms with van der Waals surface area (Å²) >= 11 is 0. The molecule has 2 N–H and O–H groups in total. The SMILES string of the molecule is CN=C(NCCOCC(C)C)NCC(C)(C)OC. The highest BCUT2D eigenvalue weighted by molar-refractivity contribution is 5.79. The summed E-state index contributed by atoms with van der Waals surface area (Å²) in [6.45, 7) is 11.3. The first-order chi connectivity index (χ1) is 8.41. The van der Waals surface area contributed by atoms with Crippen LogP contribution in [0.2, 0.25) is 0 Å². The summed E-state index contributed by atoms with van der Waals surface area (Å²) in [5, 5.41) is 6.42. The molecular weight excluding hydrogens is 230 g/mol. The van der Waals surface area contributed by atoms with Crippen molar-refractivity contribution in [3.63, 3.8) is 0 Å². The lowest BCUT2D eigenvalue weighted by atomic mass is 10.1. The summed E-state index contributed by atoms with van der Waals surface area (Å²) in [5.41, 5.74) is -0.203. The lowest BCUT2D eigenvalue weighted by Gasteiger charge is -2.24.